The number of halogens is 3. The normalized spacial score (nSPS) is 22.3. The number of nitrogens with zero attached hydrogens (tertiary/aromatic N) is 1. The number of alkyl halides is 3. The zero-order chi connectivity index (χ0) is 20.2. The third-order valence-corrected chi connectivity index (χ3v) is 5.43. The molecular weight excluding hydrogens is 369 g/mol. The van der Waals surface area contributed by atoms with Crippen molar-refractivity contribution < 1.29 is 23.1 Å². The lowest BCUT2D eigenvalue weighted by atomic mass is 9.76. The molecule has 1 heterocycles. The van der Waals surface area contributed by atoms with Gasteiger partial charge in [-0.1, -0.05) is 18.2 Å². The van der Waals surface area contributed by atoms with E-state index in [9.17, 15) is 23.1 Å². The molecule has 2 N–H and O–H groups in total. The number of amides is 1. The summed E-state index contributed by atoms with van der Waals surface area (Å²) in [6, 6.07) is 11.4. The van der Waals surface area contributed by atoms with Gasteiger partial charge in [-0.3, -0.25) is 9.78 Å². The highest BCUT2D eigenvalue weighted by Gasteiger charge is 2.56. The van der Waals surface area contributed by atoms with E-state index in [1.807, 2.05) is 17.4 Å². The van der Waals surface area contributed by atoms with Crippen molar-refractivity contribution in [1.29, 1.82) is 0 Å². The van der Waals surface area contributed by atoms with Gasteiger partial charge in [0.25, 0.3) is 5.91 Å². The lowest BCUT2D eigenvalue weighted by Gasteiger charge is -2.37. The van der Waals surface area contributed by atoms with E-state index in [1.165, 1.54) is 12.1 Å². The van der Waals surface area contributed by atoms with Gasteiger partial charge in [0.15, 0.2) is 0 Å². The first kappa shape index (κ1) is 20.3. The maximum atomic E-state index is 13.6. The molecule has 1 aromatic heterocycles. The van der Waals surface area contributed by atoms with Crippen LogP contribution >= 0.6 is 0 Å². The summed E-state index contributed by atoms with van der Waals surface area (Å²) in [5.74, 6) is -0.969. The largest absolute Gasteiger partial charge is 0.436 e. The van der Waals surface area contributed by atoms with Crippen LogP contribution in [0.5, 0.6) is 0 Å². The minimum Gasteiger partial charge on any atom is -0.363 e. The Labute approximate surface area is 161 Å². The van der Waals surface area contributed by atoms with Crippen LogP contribution in [0.1, 0.15) is 53.9 Å². The smallest absolute Gasteiger partial charge is 0.363 e. The second kappa shape index (κ2) is 8.31. The first-order chi connectivity index (χ1) is 13.3. The van der Waals surface area contributed by atoms with Gasteiger partial charge in [-0.25, -0.2) is 0 Å². The van der Waals surface area contributed by atoms with Crippen molar-refractivity contribution in [2.45, 2.75) is 49.9 Å². The van der Waals surface area contributed by atoms with Crippen molar-refractivity contribution in [3.05, 3.63) is 66.0 Å². The molecule has 2 aromatic rings. The molecule has 1 aliphatic carbocycles. The Kier molecular flexibility index (Phi) is 6.03. The van der Waals surface area contributed by atoms with Gasteiger partial charge in [0.2, 0.25) is 5.72 Å². The summed E-state index contributed by atoms with van der Waals surface area (Å²) in [6.07, 6.45) is 0.535. The first-order valence-electron chi connectivity index (χ1n) is 9.35. The number of aliphatic hydroxyl groups is 1. The van der Waals surface area contributed by atoms with E-state index in [-0.39, 0.29) is 17.4 Å². The van der Waals surface area contributed by atoms with E-state index in [4.69, 9.17) is 0 Å². The number of benzene rings is 1. The number of nitrogens with one attached hydrogen (secondary N) is 1. The predicted molar refractivity (Wildman–Crippen MR) is 98.5 cm³/mol. The number of hydrogen-bond donors (Lipinski definition) is 2. The molecule has 28 heavy (non-hydrogen) atoms. The summed E-state index contributed by atoms with van der Waals surface area (Å²) in [4.78, 5) is 16.2. The third kappa shape index (κ3) is 4.70. The highest BCUT2D eigenvalue weighted by atomic mass is 19.4. The monoisotopic (exact) mass is 392 g/mol. The third-order valence-electron chi connectivity index (χ3n) is 5.43. The molecule has 4 nitrogen and oxygen atoms in total. The molecular formula is C21H23F3N2O2. The second-order valence-corrected chi connectivity index (χ2v) is 7.38. The molecule has 0 radical (unpaired) electrons. The fourth-order valence-electron chi connectivity index (χ4n) is 3.84. The number of carbonyl (C=O) groups is 1. The molecule has 0 saturated heterocycles. The standard InChI is InChI=1S/C21H23F3N2O2/c22-21(23,24)20(28,26-19(27)18-4-2-1-3-5-18)14-15-6-8-16(9-7-15)17-10-12-25-13-11-17/h1-5,10-13,15-16,28H,6-9,14H2,(H,26,27)/t15?,16?,20-/m0/s1. The molecule has 1 atom stereocenters. The van der Waals surface area contributed by atoms with Crippen molar-refractivity contribution in [2.24, 2.45) is 5.92 Å². The molecule has 1 fully saturated rings. The number of aromatic nitrogens is 1. The Hall–Kier alpha value is -2.41. The van der Waals surface area contributed by atoms with Crippen molar-refractivity contribution in [2.75, 3.05) is 0 Å². The minimum atomic E-state index is -4.96. The second-order valence-electron chi connectivity index (χ2n) is 7.38. The molecule has 0 spiro atoms. The number of rotatable bonds is 5. The summed E-state index contributed by atoms with van der Waals surface area (Å²) < 4.78 is 40.8. The molecule has 0 bridgehead atoms. The van der Waals surface area contributed by atoms with E-state index >= 15 is 0 Å². The molecule has 1 amide bonds. The predicted octanol–water partition coefficient (Wildman–Crippen LogP) is 4.43. The Balaban J connectivity index is 1.65. The number of carbonyl (C=O) groups excluding carboxylic acids is 1. The Morgan fingerprint density at radius 2 is 1.64 bits per heavy atom. The van der Waals surface area contributed by atoms with Gasteiger partial charge in [0, 0.05) is 24.4 Å². The van der Waals surface area contributed by atoms with Gasteiger partial charge in [0.1, 0.15) is 0 Å². The van der Waals surface area contributed by atoms with Crippen molar-refractivity contribution in [1.82, 2.24) is 10.3 Å². The van der Waals surface area contributed by atoms with Crippen LogP contribution in [0.25, 0.3) is 0 Å². The molecule has 1 saturated carbocycles. The van der Waals surface area contributed by atoms with Gasteiger partial charge in [0.05, 0.1) is 0 Å². The highest BCUT2D eigenvalue weighted by Crippen LogP contribution is 2.41. The average Bonchev–Trinajstić information content (AvgIpc) is 2.69. The van der Waals surface area contributed by atoms with Gasteiger partial charge in [-0.15, -0.1) is 0 Å². The molecule has 1 aliphatic rings. The molecule has 7 heteroatoms. The molecule has 0 aliphatic heterocycles. The topological polar surface area (TPSA) is 62.2 Å². The van der Waals surface area contributed by atoms with Crippen LogP contribution in [-0.4, -0.2) is 27.9 Å². The lowest BCUT2D eigenvalue weighted by molar-refractivity contribution is -0.274. The first-order valence-corrected chi connectivity index (χ1v) is 9.35. The summed E-state index contributed by atoms with van der Waals surface area (Å²) in [5, 5.41) is 12.2. The molecule has 1 aromatic carbocycles. The van der Waals surface area contributed by atoms with Crippen molar-refractivity contribution in [3.63, 3.8) is 0 Å². The average molecular weight is 392 g/mol. The molecule has 3 rings (SSSR count). The summed E-state index contributed by atoms with van der Waals surface area (Å²) in [6.45, 7) is 0. The van der Waals surface area contributed by atoms with E-state index < -0.39 is 24.2 Å². The zero-order valence-electron chi connectivity index (χ0n) is 15.3. The Bertz CT molecular complexity index is 775. The lowest BCUT2D eigenvalue weighted by Crippen LogP contribution is -2.59. The highest BCUT2D eigenvalue weighted by molar-refractivity contribution is 5.94. The SMILES string of the molecule is O=C(N[C@](O)(CC1CCC(c2ccncc2)CC1)C(F)(F)F)c1ccccc1. The fraction of sp³-hybridized carbons (Fsp3) is 0.429. The minimum absolute atomic E-state index is 0.0755. The van der Waals surface area contributed by atoms with Crippen LogP contribution in [0.2, 0.25) is 0 Å². The Morgan fingerprint density at radius 3 is 2.21 bits per heavy atom. The van der Waals surface area contributed by atoms with Crippen LogP contribution < -0.4 is 5.32 Å². The van der Waals surface area contributed by atoms with E-state index in [2.05, 4.69) is 4.98 Å². The van der Waals surface area contributed by atoms with Gasteiger partial charge in [-0.05, 0) is 67.3 Å². The maximum Gasteiger partial charge on any atom is 0.436 e. The van der Waals surface area contributed by atoms with E-state index in [0.717, 1.165) is 18.4 Å². The summed E-state index contributed by atoms with van der Waals surface area (Å²) in [5.41, 5.74) is -2.03. The van der Waals surface area contributed by atoms with Crippen LogP contribution in [0.4, 0.5) is 13.2 Å². The fourth-order valence-corrected chi connectivity index (χ4v) is 3.84. The van der Waals surface area contributed by atoms with E-state index in [1.54, 1.807) is 30.6 Å². The quantitative estimate of drug-likeness (QED) is 0.740. The Morgan fingerprint density at radius 1 is 1.04 bits per heavy atom. The van der Waals surface area contributed by atoms with Crippen LogP contribution in [-0.2, 0) is 0 Å². The molecule has 150 valence electrons. The number of pyridine rings is 1. The van der Waals surface area contributed by atoms with Crippen LogP contribution in [0, 0.1) is 5.92 Å². The molecule has 0 unspecified atom stereocenters. The summed E-state index contributed by atoms with van der Waals surface area (Å²) in [7, 11) is 0. The summed E-state index contributed by atoms with van der Waals surface area (Å²) >= 11 is 0. The maximum absolute atomic E-state index is 13.6. The number of hydrogen-bond acceptors (Lipinski definition) is 3. The van der Waals surface area contributed by atoms with Crippen molar-refractivity contribution in [3.8, 4) is 0 Å². The zero-order valence-corrected chi connectivity index (χ0v) is 15.3. The van der Waals surface area contributed by atoms with Crippen molar-refractivity contribution >= 4 is 5.91 Å². The van der Waals surface area contributed by atoms with E-state index in [0.29, 0.717) is 12.8 Å². The van der Waals surface area contributed by atoms with Crippen LogP contribution in [0.15, 0.2) is 54.9 Å². The van der Waals surface area contributed by atoms with Gasteiger partial charge >= 0.3 is 6.18 Å². The van der Waals surface area contributed by atoms with Gasteiger partial charge in [-0.2, -0.15) is 13.2 Å². The van der Waals surface area contributed by atoms with Gasteiger partial charge < -0.3 is 10.4 Å². The van der Waals surface area contributed by atoms with Crippen LogP contribution in [0.3, 0.4) is 0 Å².